The van der Waals surface area contributed by atoms with Gasteiger partial charge >= 0.3 is 5.69 Å². The standard InChI is InChI=1S/C14H21N5O3/c1-17-12-10(13(20)18(2)14(17)21)19(7-4-6-15)11(16-12)9-5-3-8-22-9/h9H,3-8,15H2,1-2H3. The van der Waals surface area contributed by atoms with Crippen molar-refractivity contribution in [3.05, 3.63) is 26.7 Å². The largest absolute Gasteiger partial charge is 0.370 e. The predicted octanol–water partition coefficient (Wildman–Crippen LogP) is -0.366. The molecule has 8 nitrogen and oxygen atoms in total. The Hall–Kier alpha value is -1.93. The van der Waals surface area contributed by atoms with E-state index in [-0.39, 0.29) is 17.4 Å². The van der Waals surface area contributed by atoms with E-state index in [2.05, 4.69) is 4.98 Å². The van der Waals surface area contributed by atoms with Crippen LogP contribution < -0.4 is 17.0 Å². The summed E-state index contributed by atoms with van der Waals surface area (Å²) in [7, 11) is 3.11. The molecule has 0 saturated carbocycles. The molecule has 1 aliphatic heterocycles. The van der Waals surface area contributed by atoms with E-state index in [1.807, 2.05) is 4.57 Å². The first-order valence-corrected chi connectivity index (χ1v) is 7.54. The van der Waals surface area contributed by atoms with Crippen molar-refractivity contribution >= 4 is 11.2 Å². The highest BCUT2D eigenvalue weighted by molar-refractivity contribution is 5.71. The number of aryl methyl sites for hydroxylation is 2. The molecule has 0 radical (unpaired) electrons. The van der Waals surface area contributed by atoms with Gasteiger partial charge in [0, 0.05) is 27.2 Å². The Morgan fingerprint density at radius 1 is 1.32 bits per heavy atom. The van der Waals surface area contributed by atoms with E-state index >= 15 is 0 Å². The zero-order valence-corrected chi connectivity index (χ0v) is 12.9. The molecular weight excluding hydrogens is 286 g/mol. The zero-order chi connectivity index (χ0) is 15.9. The number of nitrogens with two attached hydrogens (primary N) is 1. The second kappa shape index (κ2) is 5.69. The van der Waals surface area contributed by atoms with Gasteiger partial charge in [-0.25, -0.2) is 9.78 Å². The van der Waals surface area contributed by atoms with Crippen LogP contribution in [0.5, 0.6) is 0 Å². The SMILES string of the molecule is Cn1c(=O)c2c(nc(C3CCCO3)n2CCCN)n(C)c1=O. The summed E-state index contributed by atoms with van der Waals surface area (Å²) in [5.41, 5.74) is 5.77. The van der Waals surface area contributed by atoms with Gasteiger partial charge in [-0.1, -0.05) is 0 Å². The number of nitrogens with zero attached hydrogens (tertiary/aromatic N) is 4. The smallest absolute Gasteiger partial charge is 0.332 e. The fraction of sp³-hybridized carbons (Fsp3) is 0.643. The van der Waals surface area contributed by atoms with Crippen molar-refractivity contribution in [2.45, 2.75) is 31.9 Å². The van der Waals surface area contributed by atoms with E-state index in [1.165, 1.54) is 11.6 Å². The lowest BCUT2D eigenvalue weighted by atomic mass is 10.2. The molecule has 0 bridgehead atoms. The number of aromatic nitrogens is 4. The van der Waals surface area contributed by atoms with Crippen molar-refractivity contribution in [3.63, 3.8) is 0 Å². The highest BCUT2D eigenvalue weighted by atomic mass is 16.5. The maximum Gasteiger partial charge on any atom is 0.332 e. The summed E-state index contributed by atoms with van der Waals surface area (Å²) in [6.45, 7) is 1.81. The molecule has 1 aliphatic rings. The molecule has 22 heavy (non-hydrogen) atoms. The lowest BCUT2D eigenvalue weighted by molar-refractivity contribution is 0.102. The summed E-state index contributed by atoms with van der Waals surface area (Å²) < 4.78 is 10.1. The fourth-order valence-corrected chi connectivity index (χ4v) is 2.97. The van der Waals surface area contributed by atoms with Crippen LogP contribution in [0.1, 0.15) is 31.2 Å². The van der Waals surface area contributed by atoms with E-state index < -0.39 is 0 Å². The summed E-state index contributed by atoms with van der Waals surface area (Å²) >= 11 is 0. The minimum absolute atomic E-state index is 0.120. The van der Waals surface area contributed by atoms with Gasteiger partial charge in [-0.3, -0.25) is 13.9 Å². The van der Waals surface area contributed by atoms with Crippen molar-refractivity contribution in [2.24, 2.45) is 19.8 Å². The summed E-state index contributed by atoms with van der Waals surface area (Å²) in [5.74, 6) is 0.722. The van der Waals surface area contributed by atoms with Crippen molar-refractivity contribution in [3.8, 4) is 0 Å². The average Bonchev–Trinajstić information content (AvgIpc) is 3.15. The van der Waals surface area contributed by atoms with Crippen LogP contribution in [0, 0.1) is 0 Å². The number of imidazole rings is 1. The van der Waals surface area contributed by atoms with E-state index in [4.69, 9.17) is 10.5 Å². The Labute approximate surface area is 127 Å². The molecule has 1 atom stereocenters. The van der Waals surface area contributed by atoms with Gasteiger partial charge < -0.3 is 15.0 Å². The highest BCUT2D eigenvalue weighted by Crippen LogP contribution is 2.29. The summed E-state index contributed by atoms with van der Waals surface area (Å²) in [5, 5.41) is 0. The number of rotatable bonds is 4. The molecule has 8 heteroatoms. The van der Waals surface area contributed by atoms with Crippen LogP contribution in [0.2, 0.25) is 0 Å². The second-order valence-electron chi connectivity index (χ2n) is 5.64. The predicted molar refractivity (Wildman–Crippen MR) is 81.8 cm³/mol. The average molecular weight is 307 g/mol. The first kappa shape index (κ1) is 15.0. The van der Waals surface area contributed by atoms with Crippen LogP contribution in [0.4, 0.5) is 0 Å². The number of hydrogen-bond donors (Lipinski definition) is 1. The lowest BCUT2D eigenvalue weighted by Gasteiger charge is -2.12. The van der Waals surface area contributed by atoms with Gasteiger partial charge in [0.15, 0.2) is 11.2 Å². The molecule has 2 N–H and O–H groups in total. The minimum atomic E-state index is -0.375. The molecule has 120 valence electrons. The van der Waals surface area contributed by atoms with Crippen LogP contribution in [-0.4, -0.2) is 31.8 Å². The van der Waals surface area contributed by atoms with E-state index in [0.717, 1.165) is 29.7 Å². The molecule has 2 aromatic heterocycles. The zero-order valence-electron chi connectivity index (χ0n) is 12.9. The molecule has 0 amide bonds. The molecule has 2 aromatic rings. The summed E-state index contributed by atoms with van der Waals surface area (Å²) in [6, 6.07) is 0. The maximum absolute atomic E-state index is 12.5. The first-order valence-electron chi connectivity index (χ1n) is 7.54. The topological polar surface area (TPSA) is 97.1 Å². The molecule has 3 heterocycles. The summed E-state index contributed by atoms with van der Waals surface area (Å²) in [4.78, 5) is 29.2. The van der Waals surface area contributed by atoms with Crippen molar-refractivity contribution in [1.29, 1.82) is 0 Å². The lowest BCUT2D eigenvalue weighted by Crippen LogP contribution is -2.37. The van der Waals surface area contributed by atoms with Gasteiger partial charge in [-0.15, -0.1) is 0 Å². The molecule has 0 aliphatic carbocycles. The van der Waals surface area contributed by atoms with Crippen molar-refractivity contribution < 1.29 is 4.74 Å². The fourth-order valence-electron chi connectivity index (χ4n) is 2.97. The number of fused-ring (bicyclic) bond motifs is 1. The molecule has 1 unspecified atom stereocenters. The first-order chi connectivity index (χ1) is 10.6. The van der Waals surface area contributed by atoms with E-state index in [9.17, 15) is 9.59 Å². The van der Waals surface area contributed by atoms with Gasteiger partial charge in [-0.05, 0) is 25.8 Å². The van der Waals surface area contributed by atoms with Crippen LogP contribution >= 0.6 is 0 Å². The third-order valence-electron chi connectivity index (χ3n) is 4.18. The molecule has 0 spiro atoms. The van der Waals surface area contributed by atoms with Crippen LogP contribution in [0.25, 0.3) is 11.2 Å². The van der Waals surface area contributed by atoms with Crippen LogP contribution in [0.3, 0.4) is 0 Å². The molecule has 1 fully saturated rings. The summed E-state index contributed by atoms with van der Waals surface area (Å²) in [6.07, 6.45) is 2.46. The van der Waals surface area contributed by atoms with E-state index in [0.29, 0.717) is 30.9 Å². The molecular formula is C14H21N5O3. The maximum atomic E-state index is 12.5. The van der Waals surface area contributed by atoms with Gasteiger partial charge in [0.2, 0.25) is 0 Å². The van der Waals surface area contributed by atoms with Gasteiger partial charge in [-0.2, -0.15) is 0 Å². The van der Waals surface area contributed by atoms with Crippen molar-refractivity contribution in [2.75, 3.05) is 13.2 Å². The van der Waals surface area contributed by atoms with Crippen LogP contribution in [-0.2, 0) is 25.4 Å². The number of hydrogen-bond acceptors (Lipinski definition) is 5. The Morgan fingerprint density at radius 2 is 2.09 bits per heavy atom. The minimum Gasteiger partial charge on any atom is -0.370 e. The molecule has 3 rings (SSSR count). The highest BCUT2D eigenvalue weighted by Gasteiger charge is 2.27. The quantitative estimate of drug-likeness (QED) is 0.831. The second-order valence-corrected chi connectivity index (χ2v) is 5.64. The monoisotopic (exact) mass is 307 g/mol. The Morgan fingerprint density at radius 3 is 2.73 bits per heavy atom. The van der Waals surface area contributed by atoms with Gasteiger partial charge in [0.1, 0.15) is 11.9 Å². The Kier molecular flexibility index (Phi) is 3.88. The third kappa shape index (κ3) is 2.19. The number of ether oxygens (including phenoxy) is 1. The van der Waals surface area contributed by atoms with Gasteiger partial charge in [0.25, 0.3) is 5.56 Å². The van der Waals surface area contributed by atoms with Crippen LogP contribution in [0.15, 0.2) is 9.59 Å². The van der Waals surface area contributed by atoms with E-state index in [1.54, 1.807) is 7.05 Å². The van der Waals surface area contributed by atoms with Gasteiger partial charge in [0.05, 0.1) is 0 Å². The molecule has 0 aromatic carbocycles. The third-order valence-corrected chi connectivity index (χ3v) is 4.18. The van der Waals surface area contributed by atoms with Crippen molar-refractivity contribution in [1.82, 2.24) is 18.7 Å². The Bertz CT molecular complexity index is 810. The normalized spacial score (nSPS) is 18.4. The Balaban J connectivity index is 2.31. The molecule has 1 saturated heterocycles.